The van der Waals surface area contributed by atoms with Crippen LogP contribution in [0.1, 0.15) is 19.4 Å². The molecule has 1 aliphatic rings. The Bertz CT molecular complexity index is 1420. The van der Waals surface area contributed by atoms with Crippen molar-refractivity contribution in [3.05, 3.63) is 108 Å². The highest BCUT2D eigenvalue weighted by atomic mass is 16.5. The van der Waals surface area contributed by atoms with Crippen molar-refractivity contribution in [2.24, 2.45) is 5.92 Å². The molecule has 4 aromatic rings. The number of fused-ring (bicyclic) bond motifs is 1. The highest BCUT2D eigenvalue weighted by Crippen LogP contribution is 2.35. The molecule has 0 radical (unpaired) electrons. The van der Waals surface area contributed by atoms with Gasteiger partial charge in [-0.25, -0.2) is 4.90 Å². The molecule has 0 atom stereocenters. The third-order valence-corrected chi connectivity index (χ3v) is 5.87. The summed E-state index contributed by atoms with van der Waals surface area (Å²) in [7, 11) is 0. The smallest absolute Gasteiger partial charge is 0.282 e. The first-order valence-corrected chi connectivity index (χ1v) is 11.7. The van der Waals surface area contributed by atoms with Crippen LogP contribution in [0.4, 0.5) is 11.4 Å². The number of anilines is 2. The number of amides is 2. The van der Waals surface area contributed by atoms with E-state index in [4.69, 9.17) is 4.74 Å². The lowest BCUT2D eigenvalue weighted by Gasteiger charge is -2.15. The summed E-state index contributed by atoms with van der Waals surface area (Å²) in [4.78, 5) is 28.5. The third kappa shape index (κ3) is 4.41. The van der Waals surface area contributed by atoms with Gasteiger partial charge in [0.05, 0.1) is 17.9 Å². The Balaban J connectivity index is 1.58. The Hall–Kier alpha value is -4.38. The zero-order valence-electron chi connectivity index (χ0n) is 19.7. The second kappa shape index (κ2) is 9.47. The van der Waals surface area contributed by atoms with E-state index in [-0.39, 0.29) is 17.5 Å². The van der Waals surface area contributed by atoms with Crippen LogP contribution in [-0.2, 0) is 9.59 Å². The molecule has 0 aliphatic carbocycles. The number of carbonyl (C=O) groups excluding carboxylic acids is 2. The summed E-state index contributed by atoms with van der Waals surface area (Å²) < 4.78 is 5.80. The van der Waals surface area contributed by atoms with Gasteiger partial charge in [-0.1, -0.05) is 80.6 Å². The van der Waals surface area contributed by atoms with Crippen molar-refractivity contribution >= 4 is 39.5 Å². The lowest BCUT2D eigenvalue weighted by Crippen LogP contribution is -2.32. The first kappa shape index (κ1) is 22.4. The molecule has 4 aromatic carbocycles. The van der Waals surface area contributed by atoms with Gasteiger partial charge in [0.2, 0.25) is 0 Å². The predicted molar refractivity (Wildman–Crippen MR) is 140 cm³/mol. The van der Waals surface area contributed by atoms with Crippen LogP contribution in [0.15, 0.2) is 103 Å². The number of rotatable bonds is 7. The lowest BCUT2D eigenvalue weighted by molar-refractivity contribution is -0.120. The minimum atomic E-state index is -0.385. The largest absolute Gasteiger partial charge is 0.493 e. The van der Waals surface area contributed by atoms with E-state index in [2.05, 4.69) is 19.2 Å². The lowest BCUT2D eigenvalue weighted by atomic mass is 10.0. The van der Waals surface area contributed by atoms with Crippen molar-refractivity contribution in [3.63, 3.8) is 0 Å². The van der Waals surface area contributed by atoms with E-state index in [1.807, 2.05) is 84.9 Å². The molecule has 5 heteroatoms. The number of benzene rings is 4. The molecular formula is C30H26N2O3. The highest BCUT2D eigenvalue weighted by Gasteiger charge is 2.40. The number of nitrogens with zero attached hydrogens (tertiary/aromatic N) is 1. The van der Waals surface area contributed by atoms with Gasteiger partial charge in [0.25, 0.3) is 11.8 Å². The summed E-state index contributed by atoms with van der Waals surface area (Å²) in [6.45, 7) is 4.78. The minimum Gasteiger partial charge on any atom is -0.493 e. The Labute approximate surface area is 204 Å². The van der Waals surface area contributed by atoms with Crippen molar-refractivity contribution in [2.45, 2.75) is 13.8 Å². The van der Waals surface area contributed by atoms with Crippen molar-refractivity contribution in [1.82, 2.24) is 0 Å². The molecule has 35 heavy (non-hydrogen) atoms. The van der Waals surface area contributed by atoms with Crippen molar-refractivity contribution < 1.29 is 14.3 Å². The van der Waals surface area contributed by atoms with Crippen molar-refractivity contribution in [1.29, 1.82) is 0 Å². The first-order valence-electron chi connectivity index (χ1n) is 11.7. The number of hydrogen-bond acceptors (Lipinski definition) is 4. The molecule has 1 aliphatic heterocycles. The maximum atomic E-state index is 13.7. The van der Waals surface area contributed by atoms with E-state index >= 15 is 0 Å². The standard InChI is InChI=1S/C30H26N2O3/c1-20(2)19-35-24-17-15-22(16-18-24)27-28(30(34)32(29(27)33)23-11-4-3-5-12-23)31-26-14-8-10-21-9-6-7-13-25(21)26/h3-18,20,31H,19H2,1-2H3. The number of carbonyl (C=O) groups is 2. The van der Waals surface area contributed by atoms with E-state index in [0.717, 1.165) is 22.2 Å². The van der Waals surface area contributed by atoms with Gasteiger partial charge in [-0.3, -0.25) is 9.59 Å². The molecule has 0 saturated heterocycles. The normalized spacial score (nSPS) is 13.7. The Morgan fingerprint density at radius 3 is 2.20 bits per heavy atom. The highest BCUT2D eigenvalue weighted by molar-refractivity contribution is 6.46. The summed E-state index contributed by atoms with van der Waals surface area (Å²) in [5.41, 5.74) is 2.55. The van der Waals surface area contributed by atoms with E-state index < -0.39 is 0 Å². The van der Waals surface area contributed by atoms with Gasteiger partial charge in [-0.05, 0) is 47.2 Å². The average Bonchev–Trinajstić information content (AvgIpc) is 3.12. The average molecular weight is 463 g/mol. The number of imide groups is 1. The van der Waals surface area contributed by atoms with Gasteiger partial charge in [0, 0.05) is 11.1 Å². The number of para-hydroxylation sites is 1. The second-order valence-corrected chi connectivity index (χ2v) is 8.91. The predicted octanol–water partition coefficient (Wildman–Crippen LogP) is 6.27. The van der Waals surface area contributed by atoms with Crippen LogP contribution >= 0.6 is 0 Å². The van der Waals surface area contributed by atoms with Crippen LogP contribution < -0.4 is 15.0 Å². The monoisotopic (exact) mass is 462 g/mol. The fraction of sp³-hybridized carbons (Fsp3) is 0.133. The Kier molecular flexibility index (Phi) is 6.06. The molecule has 2 amide bonds. The number of hydrogen-bond donors (Lipinski definition) is 1. The molecule has 0 fully saturated rings. The topological polar surface area (TPSA) is 58.6 Å². The molecule has 1 heterocycles. The summed E-state index contributed by atoms with van der Waals surface area (Å²) in [5.74, 6) is 0.384. The maximum Gasteiger partial charge on any atom is 0.282 e. The van der Waals surface area contributed by atoms with E-state index in [1.54, 1.807) is 12.1 Å². The Morgan fingerprint density at radius 1 is 0.771 bits per heavy atom. The molecule has 0 aromatic heterocycles. The molecule has 0 saturated carbocycles. The van der Waals surface area contributed by atoms with Crippen LogP contribution in [0.2, 0.25) is 0 Å². The van der Waals surface area contributed by atoms with Gasteiger partial charge in [-0.2, -0.15) is 0 Å². The summed E-state index contributed by atoms with van der Waals surface area (Å²) in [6, 6.07) is 30.1. The van der Waals surface area contributed by atoms with Crippen LogP contribution in [0, 0.1) is 5.92 Å². The fourth-order valence-corrected chi connectivity index (χ4v) is 4.17. The summed E-state index contributed by atoms with van der Waals surface area (Å²) in [6.07, 6.45) is 0. The van der Waals surface area contributed by atoms with Crippen molar-refractivity contribution in [3.8, 4) is 5.75 Å². The summed E-state index contributed by atoms with van der Waals surface area (Å²) in [5, 5.41) is 5.32. The van der Waals surface area contributed by atoms with Crippen molar-refractivity contribution in [2.75, 3.05) is 16.8 Å². The fourth-order valence-electron chi connectivity index (χ4n) is 4.17. The molecule has 0 bridgehead atoms. The third-order valence-electron chi connectivity index (χ3n) is 5.87. The van der Waals surface area contributed by atoms with Gasteiger partial charge in [-0.15, -0.1) is 0 Å². The second-order valence-electron chi connectivity index (χ2n) is 8.91. The molecule has 5 rings (SSSR count). The Morgan fingerprint density at radius 2 is 1.46 bits per heavy atom. The van der Waals surface area contributed by atoms with Gasteiger partial charge in [0.15, 0.2) is 0 Å². The van der Waals surface area contributed by atoms with Gasteiger partial charge in [0.1, 0.15) is 11.4 Å². The molecule has 5 nitrogen and oxygen atoms in total. The zero-order valence-corrected chi connectivity index (χ0v) is 19.7. The summed E-state index contributed by atoms with van der Waals surface area (Å²) >= 11 is 0. The van der Waals surface area contributed by atoms with E-state index in [9.17, 15) is 9.59 Å². The van der Waals surface area contributed by atoms with Gasteiger partial charge >= 0.3 is 0 Å². The van der Waals surface area contributed by atoms with Crippen LogP contribution in [-0.4, -0.2) is 18.4 Å². The SMILES string of the molecule is CC(C)COc1ccc(C2=C(Nc3cccc4ccccc34)C(=O)N(c3ccccc3)C2=O)cc1. The molecule has 0 unspecified atom stereocenters. The number of nitrogens with one attached hydrogen (secondary N) is 1. The number of ether oxygens (including phenoxy) is 1. The quantitative estimate of drug-likeness (QED) is 0.329. The van der Waals surface area contributed by atoms with E-state index in [1.165, 1.54) is 4.90 Å². The van der Waals surface area contributed by atoms with Crippen LogP contribution in [0.25, 0.3) is 16.3 Å². The van der Waals surface area contributed by atoms with Crippen LogP contribution in [0.3, 0.4) is 0 Å². The first-order chi connectivity index (χ1) is 17.0. The van der Waals surface area contributed by atoms with Crippen LogP contribution in [0.5, 0.6) is 5.75 Å². The zero-order chi connectivity index (χ0) is 24.4. The molecular weight excluding hydrogens is 436 g/mol. The minimum absolute atomic E-state index is 0.256. The van der Waals surface area contributed by atoms with Gasteiger partial charge < -0.3 is 10.1 Å². The molecule has 1 N–H and O–H groups in total. The molecule has 0 spiro atoms. The molecule has 174 valence electrons. The maximum absolute atomic E-state index is 13.7. The van der Waals surface area contributed by atoms with E-state index in [0.29, 0.717) is 29.3 Å².